The van der Waals surface area contributed by atoms with Crippen LogP contribution in [0.5, 0.6) is 5.75 Å². The summed E-state index contributed by atoms with van der Waals surface area (Å²) in [5, 5.41) is 9.55. The molecule has 13 heavy (non-hydrogen) atoms. The van der Waals surface area contributed by atoms with Crippen LogP contribution in [0.15, 0.2) is 12.1 Å². The molecule has 2 heteroatoms. The van der Waals surface area contributed by atoms with Crippen LogP contribution < -0.4 is 5.73 Å². The van der Waals surface area contributed by atoms with E-state index in [9.17, 15) is 5.11 Å². The molecule has 0 bridgehead atoms. The van der Waals surface area contributed by atoms with Crippen LogP contribution in [-0.4, -0.2) is 11.7 Å². The number of phenolic OH excluding ortho intramolecular Hbond substituents is 1. The largest absolute Gasteiger partial charge is 0.508 e. The number of aryl methyl sites for hydroxylation is 2. The van der Waals surface area contributed by atoms with Crippen LogP contribution in [0.3, 0.4) is 0 Å². The molecule has 0 radical (unpaired) electrons. The number of aromatic hydroxyl groups is 1. The van der Waals surface area contributed by atoms with Gasteiger partial charge in [0, 0.05) is 0 Å². The molecule has 3 N–H and O–H groups in total. The monoisotopic (exact) mass is 179 g/mol. The SMILES string of the molecule is Cc1cc(CCCN)cc(O)c1C. The van der Waals surface area contributed by atoms with Crippen molar-refractivity contribution in [2.45, 2.75) is 26.7 Å². The molecule has 0 aliphatic carbocycles. The van der Waals surface area contributed by atoms with Crippen LogP contribution >= 0.6 is 0 Å². The third-order valence-electron chi connectivity index (χ3n) is 2.37. The van der Waals surface area contributed by atoms with Crippen LogP contribution in [0.25, 0.3) is 0 Å². The van der Waals surface area contributed by atoms with E-state index in [-0.39, 0.29) is 0 Å². The van der Waals surface area contributed by atoms with Crippen molar-refractivity contribution in [2.75, 3.05) is 6.54 Å². The normalized spacial score (nSPS) is 10.4. The van der Waals surface area contributed by atoms with Gasteiger partial charge in [-0.1, -0.05) is 6.07 Å². The van der Waals surface area contributed by atoms with Gasteiger partial charge in [0.2, 0.25) is 0 Å². The Balaban J connectivity index is 2.86. The Morgan fingerprint density at radius 1 is 1.31 bits per heavy atom. The highest BCUT2D eigenvalue weighted by molar-refractivity contribution is 5.41. The lowest BCUT2D eigenvalue weighted by Crippen LogP contribution is -2.00. The second-order valence-electron chi connectivity index (χ2n) is 3.45. The lowest BCUT2D eigenvalue weighted by atomic mass is 10.0. The summed E-state index contributed by atoms with van der Waals surface area (Å²) >= 11 is 0. The summed E-state index contributed by atoms with van der Waals surface area (Å²) in [5.74, 6) is 0.395. The molecule has 2 nitrogen and oxygen atoms in total. The topological polar surface area (TPSA) is 46.2 Å². The second-order valence-corrected chi connectivity index (χ2v) is 3.45. The van der Waals surface area contributed by atoms with Crippen LogP contribution in [0, 0.1) is 13.8 Å². The van der Waals surface area contributed by atoms with Crippen molar-refractivity contribution < 1.29 is 5.11 Å². The van der Waals surface area contributed by atoms with Gasteiger partial charge in [0.15, 0.2) is 0 Å². The Morgan fingerprint density at radius 3 is 2.54 bits per heavy atom. The molecule has 1 aromatic rings. The first kappa shape index (κ1) is 10.1. The first-order chi connectivity index (χ1) is 6.15. The van der Waals surface area contributed by atoms with Crippen molar-refractivity contribution in [3.8, 4) is 5.75 Å². The number of benzene rings is 1. The molecule has 0 saturated carbocycles. The number of rotatable bonds is 3. The molecule has 0 unspecified atom stereocenters. The summed E-state index contributed by atoms with van der Waals surface area (Å²) in [7, 11) is 0. The Kier molecular flexibility index (Phi) is 3.32. The van der Waals surface area contributed by atoms with Crippen molar-refractivity contribution in [3.05, 3.63) is 28.8 Å². The van der Waals surface area contributed by atoms with E-state index in [2.05, 4.69) is 6.07 Å². The fourth-order valence-corrected chi connectivity index (χ4v) is 1.36. The van der Waals surface area contributed by atoms with E-state index in [1.807, 2.05) is 19.9 Å². The highest BCUT2D eigenvalue weighted by Crippen LogP contribution is 2.22. The van der Waals surface area contributed by atoms with E-state index in [1.54, 1.807) is 0 Å². The molecule has 0 aromatic heterocycles. The smallest absolute Gasteiger partial charge is 0.119 e. The highest BCUT2D eigenvalue weighted by atomic mass is 16.3. The Labute approximate surface area is 79.4 Å². The van der Waals surface area contributed by atoms with E-state index >= 15 is 0 Å². The summed E-state index contributed by atoms with van der Waals surface area (Å²) in [5.41, 5.74) is 8.71. The van der Waals surface area contributed by atoms with Gasteiger partial charge < -0.3 is 10.8 Å². The maximum absolute atomic E-state index is 9.55. The van der Waals surface area contributed by atoms with Gasteiger partial charge in [-0.25, -0.2) is 0 Å². The molecule has 0 saturated heterocycles. The van der Waals surface area contributed by atoms with Gasteiger partial charge in [0.1, 0.15) is 5.75 Å². The molecular weight excluding hydrogens is 162 g/mol. The predicted octanol–water partition coefficient (Wildman–Crippen LogP) is 1.90. The minimum atomic E-state index is 0.395. The van der Waals surface area contributed by atoms with E-state index in [4.69, 9.17) is 5.73 Å². The molecule has 0 heterocycles. The summed E-state index contributed by atoms with van der Waals surface area (Å²) in [6, 6.07) is 3.95. The zero-order valence-corrected chi connectivity index (χ0v) is 8.30. The minimum Gasteiger partial charge on any atom is -0.508 e. The Morgan fingerprint density at radius 2 is 2.00 bits per heavy atom. The summed E-state index contributed by atoms with van der Waals surface area (Å²) in [6.45, 7) is 4.64. The van der Waals surface area contributed by atoms with Crippen molar-refractivity contribution in [1.82, 2.24) is 0 Å². The molecule has 0 amide bonds. The van der Waals surface area contributed by atoms with Crippen LogP contribution in [0.4, 0.5) is 0 Å². The molecule has 0 aliphatic heterocycles. The van der Waals surface area contributed by atoms with Crippen molar-refractivity contribution in [3.63, 3.8) is 0 Å². The van der Waals surface area contributed by atoms with Gasteiger partial charge in [-0.3, -0.25) is 0 Å². The Bertz CT molecular complexity index is 271. The van der Waals surface area contributed by atoms with E-state index in [0.29, 0.717) is 12.3 Å². The maximum Gasteiger partial charge on any atom is 0.119 e. The van der Waals surface area contributed by atoms with E-state index in [0.717, 1.165) is 24.0 Å². The van der Waals surface area contributed by atoms with Gasteiger partial charge >= 0.3 is 0 Å². The van der Waals surface area contributed by atoms with Crippen molar-refractivity contribution >= 4 is 0 Å². The first-order valence-corrected chi connectivity index (χ1v) is 4.64. The van der Waals surface area contributed by atoms with E-state index < -0.39 is 0 Å². The fourth-order valence-electron chi connectivity index (χ4n) is 1.36. The lowest BCUT2D eigenvalue weighted by molar-refractivity contribution is 0.469. The molecule has 0 aliphatic rings. The van der Waals surface area contributed by atoms with Gasteiger partial charge in [0.25, 0.3) is 0 Å². The molecule has 1 aromatic carbocycles. The van der Waals surface area contributed by atoms with Crippen LogP contribution in [-0.2, 0) is 6.42 Å². The number of hydrogen-bond acceptors (Lipinski definition) is 2. The molecule has 0 atom stereocenters. The third-order valence-corrected chi connectivity index (χ3v) is 2.37. The summed E-state index contributed by atoms with van der Waals surface area (Å²) < 4.78 is 0. The van der Waals surface area contributed by atoms with Gasteiger partial charge in [-0.2, -0.15) is 0 Å². The average Bonchev–Trinajstić information content (AvgIpc) is 2.10. The predicted molar refractivity (Wildman–Crippen MR) is 55.0 cm³/mol. The van der Waals surface area contributed by atoms with E-state index in [1.165, 1.54) is 5.56 Å². The quantitative estimate of drug-likeness (QED) is 0.744. The summed E-state index contributed by atoms with van der Waals surface area (Å²) in [6.07, 6.45) is 1.92. The lowest BCUT2D eigenvalue weighted by Gasteiger charge is -2.07. The Hall–Kier alpha value is -1.02. The maximum atomic E-state index is 9.55. The van der Waals surface area contributed by atoms with Gasteiger partial charge in [-0.05, 0) is 56.0 Å². The first-order valence-electron chi connectivity index (χ1n) is 4.64. The fraction of sp³-hybridized carbons (Fsp3) is 0.455. The zero-order valence-electron chi connectivity index (χ0n) is 8.30. The number of hydrogen-bond donors (Lipinski definition) is 2. The molecule has 0 fully saturated rings. The second kappa shape index (κ2) is 4.28. The standard InChI is InChI=1S/C11H17NO/c1-8-6-10(4-3-5-12)7-11(13)9(8)2/h6-7,13H,3-5,12H2,1-2H3. The summed E-state index contributed by atoms with van der Waals surface area (Å²) in [4.78, 5) is 0. The zero-order chi connectivity index (χ0) is 9.84. The molecule has 0 spiro atoms. The van der Waals surface area contributed by atoms with Crippen molar-refractivity contribution in [1.29, 1.82) is 0 Å². The van der Waals surface area contributed by atoms with Crippen LogP contribution in [0.1, 0.15) is 23.1 Å². The third kappa shape index (κ3) is 2.46. The average molecular weight is 179 g/mol. The van der Waals surface area contributed by atoms with Crippen molar-refractivity contribution in [2.24, 2.45) is 5.73 Å². The molecule has 72 valence electrons. The number of nitrogens with two attached hydrogens (primary N) is 1. The van der Waals surface area contributed by atoms with Gasteiger partial charge in [0.05, 0.1) is 0 Å². The molecule has 1 rings (SSSR count). The van der Waals surface area contributed by atoms with Crippen LogP contribution in [0.2, 0.25) is 0 Å². The molecular formula is C11H17NO. The number of phenols is 1. The minimum absolute atomic E-state index is 0.395. The van der Waals surface area contributed by atoms with Gasteiger partial charge in [-0.15, -0.1) is 0 Å². The highest BCUT2D eigenvalue weighted by Gasteiger charge is 2.02.